The van der Waals surface area contributed by atoms with Gasteiger partial charge in [-0.25, -0.2) is 0 Å². The van der Waals surface area contributed by atoms with E-state index in [0.717, 1.165) is 16.9 Å². The van der Waals surface area contributed by atoms with Crippen LogP contribution in [0.3, 0.4) is 0 Å². The summed E-state index contributed by atoms with van der Waals surface area (Å²) in [7, 11) is 0. The van der Waals surface area contributed by atoms with E-state index in [0.29, 0.717) is 12.4 Å². The molecule has 1 atom stereocenters. The monoisotopic (exact) mass is 289 g/mol. The molecule has 1 aromatic carbocycles. The number of hydrogen-bond donors (Lipinski definition) is 2. The molecule has 0 bridgehead atoms. The summed E-state index contributed by atoms with van der Waals surface area (Å²) in [4.78, 5) is 11.8. The number of aryl methyl sites for hydroxylation is 2. The van der Waals surface area contributed by atoms with Crippen LogP contribution in [-0.4, -0.2) is 33.1 Å². The number of ether oxygens (including phenoxy) is 1. The van der Waals surface area contributed by atoms with Gasteiger partial charge in [0.2, 0.25) is 5.91 Å². The molecule has 112 valence electrons. The molecule has 0 saturated carbocycles. The first kappa shape index (κ1) is 15.0. The second kappa shape index (κ2) is 6.83. The fourth-order valence-electron chi connectivity index (χ4n) is 1.85. The number of aromatic amines is 1. The number of benzene rings is 1. The normalized spacial score (nSPS) is 12.0. The van der Waals surface area contributed by atoms with Crippen LogP contribution in [0.5, 0.6) is 5.75 Å². The summed E-state index contributed by atoms with van der Waals surface area (Å²) >= 11 is 0. The van der Waals surface area contributed by atoms with Crippen molar-refractivity contribution in [1.29, 1.82) is 0 Å². The predicted octanol–water partition coefficient (Wildman–Crippen LogP) is 1.46. The lowest BCUT2D eigenvalue weighted by Crippen LogP contribution is -2.28. The van der Waals surface area contributed by atoms with Gasteiger partial charge in [-0.3, -0.25) is 4.79 Å². The van der Waals surface area contributed by atoms with Gasteiger partial charge in [-0.1, -0.05) is 17.3 Å². The van der Waals surface area contributed by atoms with Crippen LogP contribution in [0.25, 0.3) is 0 Å². The minimum absolute atomic E-state index is 0.113. The van der Waals surface area contributed by atoms with Gasteiger partial charge in [-0.15, -0.1) is 10.2 Å². The zero-order chi connectivity index (χ0) is 15.2. The van der Waals surface area contributed by atoms with E-state index in [2.05, 4.69) is 25.9 Å². The van der Waals surface area contributed by atoms with Crippen LogP contribution in [-0.2, 0) is 4.79 Å². The van der Waals surface area contributed by atoms with Gasteiger partial charge in [0.1, 0.15) is 5.75 Å². The summed E-state index contributed by atoms with van der Waals surface area (Å²) in [6, 6.07) is 5.72. The van der Waals surface area contributed by atoms with Gasteiger partial charge >= 0.3 is 0 Å². The molecule has 1 amide bonds. The lowest BCUT2D eigenvalue weighted by molar-refractivity contribution is -0.122. The average molecular weight is 289 g/mol. The van der Waals surface area contributed by atoms with Crippen LogP contribution >= 0.6 is 0 Å². The van der Waals surface area contributed by atoms with E-state index >= 15 is 0 Å². The van der Waals surface area contributed by atoms with E-state index in [-0.39, 0.29) is 18.4 Å². The third-order valence-corrected chi connectivity index (χ3v) is 3.06. The fraction of sp³-hybridized carbons (Fsp3) is 0.429. The highest BCUT2D eigenvalue weighted by Crippen LogP contribution is 2.19. The molecule has 2 rings (SSSR count). The number of H-pyrrole nitrogens is 1. The highest BCUT2D eigenvalue weighted by molar-refractivity contribution is 5.76. The zero-order valence-electron chi connectivity index (χ0n) is 12.4. The highest BCUT2D eigenvalue weighted by Gasteiger charge is 2.13. The molecule has 0 spiro atoms. The maximum Gasteiger partial charge on any atom is 0.224 e. The number of aromatic nitrogens is 4. The Morgan fingerprint density at radius 2 is 2.24 bits per heavy atom. The summed E-state index contributed by atoms with van der Waals surface area (Å²) in [5, 5.41) is 16.3. The van der Waals surface area contributed by atoms with E-state index in [1.165, 1.54) is 0 Å². The molecule has 21 heavy (non-hydrogen) atoms. The number of tetrazole rings is 1. The zero-order valence-corrected chi connectivity index (χ0v) is 12.4. The quantitative estimate of drug-likeness (QED) is 0.840. The van der Waals surface area contributed by atoms with Crippen LogP contribution in [0.1, 0.15) is 36.3 Å². The number of rotatable bonds is 6. The van der Waals surface area contributed by atoms with Crippen molar-refractivity contribution < 1.29 is 9.53 Å². The van der Waals surface area contributed by atoms with Gasteiger partial charge in [-0.2, -0.15) is 5.21 Å². The van der Waals surface area contributed by atoms with Crippen molar-refractivity contribution >= 4 is 5.91 Å². The first-order valence-electron chi connectivity index (χ1n) is 6.79. The smallest absolute Gasteiger partial charge is 0.224 e. The first-order chi connectivity index (χ1) is 10.1. The molecule has 7 nitrogen and oxygen atoms in total. The molecular formula is C14H19N5O2. The molecule has 2 aromatic rings. The number of carbonyl (C=O) groups is 1. The molecule has 1 unspecified atom stereocenters. The summed E-state index contributed by atoms with van der Waals surface area (Å²) in [5.41, 5.74) is 2.19. The molecule has 0 aliphatic rings. The lowest BCUT2D eigenvalue weighted by atomic mass is 10.1. The third kappa shape index (κ3) is 4.27. The Balaban J connectivity index is 1.78. The van der Waals surface area contributed by atoms with E-state index < -0.39 is 0 Å². The molecular weight excluding hydrogens is 270 g/mol. The number of nitrogens with one attached hydrogen (secondary N) is 2. The molecule has 0 fully saturated rings. The number of amides is 1. The lowest BCUT2D eigenvalue weighted by Gasteiger charge is -2.12. The van der Waals surface area contributed by atoms with Gasteiger partial charge in [0.15, 0.2) is 5.82 Å². The average Bonchev–Trinajstić information content (AvgIpc) is 2.97. The van der Waals surface area contributed by atoms with Gasteiger partial charge in [0.05, 0.1) is 19.1 Å². The molecule has 0 radical (unpaired) electrons. The Bertz CT molecular complexity index is 597. The molecule has 1 aromatic heterocycles. The highest BCUT2D eigenvalue weighted by atomic mass is 16.5. The Kier molecular flexibility index (Phi) is 4.86. The number of carbonyl (C=O) groups excluding carboxylic acids is 1. The SMILES string of the molecule is Cc1ccc(C)c(OCCC(=O)NC(C)c2nn[nH]n2)c1. The Morgan fingerprint density at radius 3 is 2.95 bits per heavy atom. The van der Waals surface area contributed by atoms with Crippen molar-refractivity contribution in [3.8, 4) is 5.75 Å². The van der Waals surface area contributed by atoms with Gasteiger partial charge in [-0.05, 0) is 38.0 Å². The van der Waals surface area contributed by atoms with Crippen LogP contribution < -0.4 is 10.1 Å². The van der Waals surface area contributed by atoms with Crippen molar-refractivity contribution in [3.63, 3.8) is 0 Å². The van der Waals surface area contributed by atoms with Crippen LogP contribution in [0.2, 0.25) is 0 Å². The molecule has 0 aliphatic carbocycles. The summed E-state index contributed by atoms with van der Waals surface area (Å²) in [6.45, 7) is 6.11. The largest absolute Gasteiger partial charge is 0.493 e. The van der Waals surface area contributed by atoms with E-state index in [1.54, 1.807) is 6.92 Å². The second-order valence-corrected chi connectivity index (χ2v) is 4.93. The molecule has 0 aliphatic heterocycles. The predicted molar refractivity (Wildman–Crippen MR) is 76.8 cm³/mol. The van der Waals surface area contributed by atoms with Crippen LogP contribution in [0, 0.1) is 13.8 Å². The van der Waals surface area contributed by atoms with E-state index in [4.69, 9.17) is 4.74 Å². The summed E-state index contributed by atoms with van der Waals surface area (Å²) in [5.74, 6) is 1.16. The van der Waals surface area contributed by atoms with E-state index in [9.17, 15) is 4.79 Å². The Morgan fingerprint density at radius 1 is 1.43 bits per heavy atom. The maximum atomic E-state index is 11.8. The second-order valence-electron chi connectivity index (χ2n) is 4.93. The topological polar surface area (TPSA) is 92.8 Å². The molecule has 1 heterocycles. The first-order valence-corrected chi connectivity index (χ1v) is 6.79. The van der Waals surface area contributed by atoms with E-state index in [1.807, 2.05) is 32.0 Å². The molecule has 0 saturated heterocycles. The third-order valence-electron chi connectivity index (χ3n) is 3.06. The summed E-state index contributed by atoms with van der Waals surface area (Å²) < 4.78 is 5.65. The van der Waals surface area contributed by atoms with Crippen molar-refractivity contribution in [2.24, 2.45) is 0 Å². The summed E-state index contributed by atoms with van der Waals surface area (Å²) in [6.07, 6.45) is 0.273. The van der Waals surface area contributed by atoms with Crippen molar-refractivity contribution in [2.45, 2.75) is 33.2 Å². The molecule has 7 heteroatoms. The van der Waals surface area contributed by atoms with Crippen LogP contribution in [0.15, 0.2) is 18.2 Å². The van der Waals surface area contributed by atoms with Gasteiger partial charge < -0.3 is 10.1 Å². The van der Waals surface area contributed by atoms with Crippen molar-refractivity contribution in [3.05, 3.63) is 35.2 Å². The maximum absolute atomic E-state index is 11.8. The van der Waals surface area contributed by atoms with Crippen LogP contribution in [0.4, 0.5) is 0 Å². The van der Waals surface area contributed by atoms with Gasteiger partial charge in [0, 0.05) is 0 Å². The van der Waals surface area contributed by atoms with Crippen molar-refractivity contribution in [2.75, 3.05) is 6.61 Å². The minimum Gasteiger partial charge on any atom is -0.493 e. The van der Waals surface area contributed by atoms with Crippen molar-refractivity contribution in [1.82, 2.24) is 25.9 Å². The number of hydrogen-bond acceptors (Lipinski definition) is 5. The Labute approximate surface area is 123 Å². The fourth-order valence-corrected chi connectivity index (χ4v) is 1.85. The standard InChI is InChI=1S/C14H19N5O2/c1-9-4-5-10(2)12(8-9)21-7-6-13(20)15-11(3)14-16-18-19-17-14/h4-5,8,11H,6-7H2,1-3H3,(H,15,20)(H,16,17,18,19). The Hall–Kier alpha value is -2.44. The molecule has 2 N–H and O–H groups in total. The number of nitrogens with zero attached hydrogens (tertiary/aromatic N) is 3. The minimum atomic E-state index is -0.281. The van der Waals surface area contributed by atoms with Gasteiger partial charge in [0.25, 0.3) is 0 Å².